The fraction of sp³-hybridized carbons (Fsp3) is 0.160. The zero-order chi connectivity index (χ0) is 23.2. The van der Waals surface area contributed by atoms with Gasteiger partial charge in [0.05, 0.1) is 5.75 Å². The lowest BCUT2D eigenvalue weighted by Crippen LogP contribution is -2.15. The molecule has 8 heteroatoms. The van der Waals surface area contributed by atoms with Crippen LogP contribution >= 0.6 is 27.7 Å². The smallest absolute Gasteiger partial charge is 0.234 e. The minimum Gasteiger partial charge on any atom is -0.485 e. The minimum atomic E-state index is -0.111. The fourth-order valence-corrected chi connectivity index (χ4v) is 4.44. The number of benzene rings is 3. The lowest BCUT2D eigenvalue weighted by atomic mass is 10.0. The van der Waals surface area contributed by atoms with Gasteiger partial charge in [-0.05, 0) is 53.6 Å². The summed E-state index contributed by atoms with van der Waals surface area (Å²) in [5.74, 6) is 1.60. The van der Waals surface area contributed by atoms with E-state index in [4.69, 9.17) is 4.74 Å². The number of nitrogens with one attached hydrogen (secondary N) is 1. The second-order valence-corrected chi connectivity index (χ2v) is 9.20. The second kappa shape index (κ2) is 10.7. The largest absolute Gasteiger partial charge is 0.485 e. The fourth-order valence-electron chi connectivity index (χ4n) is 3.41. The predicted molar refractivity (Wildman–Crippen MR) is 137 cm³/mol. The molecule has 0 aliphatic heterocycles. The third-order valence-electron chi connectivity index (χ3n) is 5.07. The number of aryl methyl sites for hydroxylation is 1. The maximum Gasteiger partial charge on any atom is 0.234 e. The molecule has 0 spiro atoms. The summed E-state index contributed by atoms with van der Waals surface area (Å²) in [5, 5.41) is 14.4. The van der Waals surface area contributed by atoms with Gasteiger partial charge in [0.1, 0.15) is 12.4 Å². The third kappa shape index (κ3) is 5.64. The van der Waals surface area contributed by atoms with Gasteiger partial charge in [0, 0.05) is 16.7 Å². The summed E-state index contributed by atoms with van der Waals surface area (Å²) in [4.78, 5) is 12.4. The highest BCUT2D eigenvalue weighted by Crippen LogP contribution is 2.28. The lowest BCUT2D eigenvalue weighted by molar-refractivity contribution is -0.113. The van der Waals surface area contributed by atoms with E-state index < -0.39 is 0 Å². The van der Waals surface area contributed by atoms with Crippen LogP contribution in [0.5, 0.6) is 5.75 Å². The number of hydrogen-bond acceptors (Lipinski definition) is 5. The molecule has 0 bridgehead atoms. The highest BCUT2D eigenvalue weighted by molar-refractivity contribution is 9.10. The minimum absolute atomic E-state index is 0.111. The van der Waals surface area contributed by atoms with E-state index in [9.17, 15) is 4.79 Å². The summed E-state index contributed by atoms with van der Waals surface area (Å²) in [7, 11) is 0. The van der Waals surface area contributed by atoms with Gasteiger partial charge in [-0.2, -0.15) is 0 Å². The normalized spacial score (nSPS) is 10.8. The molecule has 1 N–H and O–H groups in total. The Kier molecular flexibility index (Phi) is 7.47. The number of rotatable bonds is 9. The van der Waals surface area contributed by atoms with Crippen molar-refractivity contribution >= 4 is 50.1 Å². The summed E-state index contributed by atoms with van der Waals surface area (Å²) in [5.41, 5.74) is 1.83. The molecule has 0 atom stereocenters. The number of aromatic nitrogens is 3. The van der Waals surface area contributed by atoms with Gasteiger partial charge in [0.2, 0.25) is 5.91 Å². The van der Waals surface area contributed by atoms with E-state index in [1.165, 1.54) is 17.1 Å². The molecule has 1 amide bonds. The molecule has 0 aliphatic carbocycles. The number of halogens is 1. The van der Waals surface area contributed by atoms with Crippen LogP contribution in [-0.2, 0) is 17.9 Å². The molecule has 0 fully saturated rings. The van der Waals surface area contributed by atoms with E-state index in [0.717, 1.165) is 26.9 Å². The Labute approximate surface area is 205 Å². The molecule has 0 unspecified atom stereocenters. The van der Waals surface area contributed by atoms with Crippen LogP contribution in [0.25, 0.3) is 10.8 Å². The Morgan fingerprint density at radius 1 is 1.15 bits per heavy atom. The molecule has 0 aliphatic rings. The highest BCUT2D eigenvalue weighted by atomic mass is 79.9. The summed E-state index contributed by atoms with van der Waals surface area (Å²) in [6, 6.07) is 19.7. The Morgan fingerprint density at radius 2 is 1.94 bits per heavy atom. The van der Waals surface area contributed by atoms with Crippen molar-refractivity contribution in [2.75, 3.05) is 11.1 Å². The van der Waals surface area contributed by atoms with Crippen molar-refractivity contribution in [3.8, 4) is 5.75 Å². The molecule has 0 saturated heterocycles. The first-order valence-corrected chi connectivity index (χ1v) is 12.2. The molecule has 0 saturated carbocycles. The number of anilines is 1. The number of thioether (sulfide) groups is 1. The van der Waals surface area contributed by atoms with Gasteiger partial charge in [0.15, 0.2) is 11.0 Å². The van der Waals surface area contributed by atoms with Crippen LogP contribution in [0, 0.1) is 6.92 Å². The maximum atomic E-state index is 12.4. The second-order valence-electron chi connectivity index (χ2n) is 7.34. The monoisotopic (exact) mass is 522 g/mol. The molecular formula is C25H23BrN4O2S. The van der Waals surface area contributed by atoms with Crippen LogP contribution in [0.4, 0.5) is 5.69 Å². The van der Waals surface area contributed by atoms with Gasteiger partial charge in [-0.1, -0.05) is 64.1 Å². The number of allylic oxidation sites excluding steroid dienone is 1. The van der Waals surface area contributed by atoms with Gasteiger partial charge < -0.3 is 10.1 Å². The van der Waals surface area contributed by atoms with Crippen molar-refractivity contribution in [2.45, 2.75) is 25.2 Å². The van der Waals surface area contributed by atoms with Gasteiger partial charge in [0.25, 0.3) is 0 Å². The van der Waals surface area contributed by atoms with Crippen LogP contribution in [-0.4, -0.2) is 26.4 Å². The standard InChI is InChI=1S/C25H23BrN4O2S/c1-3-14-30-23(15-32-22-13-8-18-6-4-5-7-21(18)17(22)2)28-29-25(30)33-16-24(31)27-20-11-9-19(26)10-12-20/h3-13H,1,14-16H2,2H3,(H,27,31). The van der Waals surface area contributed by atoms with Crippen molar-refractivity contribution < 1.29 is 9.53 Å². The number of amides is 1. The van der Waals surface area contributed by atoms with Gasteiger partial charge in [-0.25, -0.2) is 0 Å². The number of hydrogen-bond donors (Lipinski definition) is 1. The van der Waals surface area contributed by atoms with Crippen LogP contribution in [0.3, 0.4) is 0 Å². The number of ether oxygens (including phenoxy) is 1. The summed E-state index contributed by atoms with van der Waals surface area (Å²) in [6.45, 7) is 6.68. The van der Waals surface area contributed by atoms with Crippen LogP contribution in [0.1, 0.15) is 11.4 Å². The van der Waals surface area contributed by atoms with Gasteiger partial charge in [-0.3, -0.25) is 9.36 Å². The van der Waals surface area contributed by atoms with E-state index >= 15 is 0 Å². The van der Waals surface area contributed by atoms with Gasteiger partial charge in [-0.15, -0.1) is 16.8 Å². The molecule has 1 heterocycles. The van der Waals surface area contributed by atoms with Gasteiger partial charge >= 0.3 is 0 Å². The molecular weight excluding hydrogens is 500 g/mol. The molecule has 3 aromatic carbocycles. The van der Waals surface area contributed by atoms with Crippen LogP contribution in [0.15, 0.2) is 82.9 Å². The maximum absolute atomic E-state index is 12.4. The number of fused-ring (bicyclic) bond motifs is 1. The quantitative estimate of drug-likeness (QED) is 0.215. The topological polar surface area (TPSA) is 69.0 Å². The van der Waals surface area contributed by atoms with E-state index in [1.54, 1.807) is 6.08 Å². The highest BCUT2D eigenvalue weighted by Gasteiger charge is 2.15. The molecule has 1 aromatic heterocycles. The Morgan fingerprint density at radius 3 is 2.73 bits per heavy atom. The summed E-state index contributed by atoms with van der Waals surface area (Å²) in [6.07, 6.45) is 1.78. The molecule has 4 rings (SSSR count). The van der Waals surface area contributed by atoms with Crippen molar-refractivity contribution in [1.29, 1.82) is 0 Å². The van der Waals surface area contributed by atoms with Crippen molar-refractivity contribution in [2.24, 2.45) is 0 Å². The average molecular weight is 523 g/mol. The zero-order valence-electron chi connectivity index (χ0n) is 18.1. The average Bonchev–Trinajstić information content (AvgIpc) is 3.21. The Balaban J connectivity index is 1.42. The number of nitrogens with zero attached hydrogens (tertiary/aromatic N) is 3. The third-order valence-corrected chi connectivity index (χ3v) is 6.57. The molecule has 0 radical (unpaired) electrons. The molecule has 33 heavy (non-hydrogen) atoms. The molecule has 6 nitrogen and oxygen atoms in total. The van der Waals surface area contributed by atoms with E-state index in [0.29, 0.717) is 17.5 Å². The van der Waals surface area contributed by atoms with Crippen LogP contribution in [0.2, 0.25) is 0 Å². The number of carbonyl (C=O) groups is 1. The first-order chi connectivity index (χ1) is 16.0. The lowest BCUT2D eigenvalue weighted by Gasteiger charge is -2.12. The number of carbonyl (C=O) groups excluding carboxylic acids is 1. The summed E-state index contributed by atoms with van der Waals surface area (Å²) < 4.78 is 8.97. The molecule has 4 aromatic rings. The van der Waals surface area contributed by atoms with E-state index in [2.05, 4.69) is 63.1 Å². The summed E-state index contributed by atoms with van der Waals surface area (Å²) >= 11 is 4.72. The van der Waals surface area contributed by atoms with Crippen molar-refractivity contribution in [3.05, 3.63) is 89.2 Å². The van der Waals surface area contributed by atoms with Crippen molar-refractivity contribution in [3.63, 3.8) is 0 Å². The first kappa shape index (κ1) is 23.1. The Hall–Kier alpha value is -3.10. The zero-order valence-corrected chi connectivity index (χ0v) is 20.5. The SMILES string of the molecule is C=CCn1c(COc2ccc3ccccc3c2C)nnc1SCC(=O)Nc1ccc(Br)cc1. The predicted octanol–water partition coefficient (Wildman–Crippen LogP) is 6.00. The molecule has 168 valence electrons. The van der Waals surface area contributed by atoms with E-state index in [1.807, 2.05) is 47.0 Å². The Bertz CT molecular complexity index is 1290. The first-order valence-electron chi connectivity index (χ1n) is 10.4. The van der Waals surface area contributed by atoms with Crippen molar-refractivity contribution in [1.82, 2.24) is 14.8 Å². The van der Waals surface area contributed by atoms with Crippen LogP contribution < -0.4 is 10.1 Å². The van der Waals surface area contributed by atoms with E-state index in [-0.39, 0.29) is 18.3 Å².